The van der Waals surface area contributed by atoms with Crippen molar-refractivity contribution >= 4 is 17.4 Å². The first-order chi connectivity index (χ1) is 9.49. The highest BCUT2D eigenvalue weighted by atomic mass is 32.2. The summed E-state index contributed by atoms with van der Waals surface area (Å²) in [5.74, 6) is 1.11. The van der Waals surface area contributed by atoms with Crippen LogP contribution >= 0.6 is 11.8 Å². The molecule has 1 N–H and O–H groups in total. The van der Waals surface area contributed by atoms with E-state index in [1.54, 1.807) is 17.8 Å². The third-order valence-electron chi connectivity index (χ3n) is 2.80. The first-order valence-corrected chi connectivity index (χ1v) is 7.72. The minimum absolute atomic E-state index is 0.344. The average molecular weight is 302 g/mol. The van der Waals surface area contributed by atoms with Gasteiger partial charge in [0.25, 0.3) is 0 Å². The Balaban J connectivity index is 2.58. The number of hydrogen-bond acceptors (Lipinski definition) is 3. The van der Waals surface area contributed by atoms with Crippen molar-refractivity contribution in [1.29, 1.82) is 5.26 Å². The number of rotatable bonds is 7. The molecule has 0 aliphatic carbocycles. The van der Waals surface area contributed by atoms with Crippen LogP contribution in [0.15, 0.2) is 18.2 Å². The molecule has 0 aliphatic heterocycles. The van der Waals surface area contributed by atoms with Gasteiger partial charge in [-0.25, -0.2) is 0 Å². The van der Waals surface area contributed by atoms with Crippen LogP contribution in [0.3, 0.4) is 0 Å². The zero-order valence-electron chi connectivity index (χ0n) is 11.3. The topological polar surface area (TPSA) is 35.8 Å². The van der Waals surface area contributed by atoms with Crippen molar-refractivity contribution in [2.24, 2.45) is 0 Å². The van der Waals surface area contributed by atoms with Crippen molar-refractivity contribution in [3.05, 3.63) is 29.3 Å². The summed E-state index contributed by atoms with van der Waals surface area (Å²) in [4.78, 5) is 0. The Morgan fingerprint density at radius 1 is 1.25 bits per heavy atom. The average Bonchev–Trinajstić information content (AvgIpc) is 2.41. The van der Waals surface area contributed by atoms with Crippen molar-refractivity contribution in [3.8, 4) is 6.07 Å². The molecule has 0 aromatic heterocycles. The maximum absolute atomic E-state index is 12.8. The second-order valence-electron chi connectivity index (χ2n) is 4.35. The minimum atomic E-state index is -4.50. The van der Waals surface area contributed by atoms with Crippen molar-refractivity contribution in [2.75, 3.05) is 23.9 Å². The molecule has 0 saturated heterocycles. The highest BCUT2D eigenvalue weighted by Gasteiger charge is 2.33. The Hall–Kier alpha value is -1.35. The van der Waals surface area contributed by atoms with Gasteiger partial charge >= 0.3 is 6.18 Å². The van der Waals surface area contributed by atoms with E-state index in [1.165, 1.54) is 12.1 Å². The smallest absolute Gasteiger partial charge is 0.385 e. The van der Waals surface area contributed by atoms with Gasteiger partial charge in [0.1, 0.15) is 0 Å². The third kappa shape index (κ3) is 5.33. The molecule has 0 unspecified atom stereocenters. The van der Waals surface area contributed by atoms with E-state index < -0.39 is 11.7 Å². The van der Waals surface area contributed by atoms with E-state index in [9.17, 15) is 13.2 Å². The van der Waals surface area contributed by atoms with Gasteiger partial charge in [-0.2, -0.15) is 30.2 Å². The second kappa shape index (κ2) is 8.05. The number of thioether (sulfide) groups is 1. The van der Waals surface area contributed by atoms with Crippen LogP contribution in [0.5, 0.6) is 0 Å². The number of nitrogens with zero attached hydrogens (tertiary/aromatic N) is 1. The Morgan fingerprint density at radius 2 is 2.00 bits per heavy atom. The molecule has 110 valence electrons. The van der Waals surface area contributed by atoms with E-state index in [0.717, 1.165) is 31.1 Å². The fourth-order valence-corrected chi connectivity index (χ4v) is 2.26. The van der Waals surface area contributed by atoms with Gasteiger partial charge in [0.05, 0.1) is 17.2 Å². The normalized spacial score (nSPS) is 11.2. The summed E-state index contributed by atoms with van der Waals surface area (Å²) in [6.07, 6.45) is 0.636. The Kier molecular flexibility index (Phi) is 6.73. The van der Waals surface area contributed by atoms with Crippen LogP contribution < -0.4 is 5.32 Å². The molecule has 0 spiro atoms. The largest absolute Gasteiger partial charge is 0.417 e. The fraction of sp³-hybridized carbons (Fsp3) is 0.500. The Morgan fingerprint density at radius 3 is 2.60 bits per heavy atom. The summed E-state index contributed by atoms with van der Waals surface area (Å²) < 4.78 is 38.3. The highest BCUT2D eigenvalue weighted by Crippen LogP contribution is 2.33. The predicted molar refractivity (Wildman–Crippen MR) is 76.9 cm³/mol. The number of alkyl halides is 3. The van der Waals surface area contributed by atoms with E-state index in [-0.39, 0.29) is 5.56 Å². The number of nitrogens with one attached hydrogen (secondary N) is 1. The molecule has 0 saturated carbocycles. The molecule has 1 rings (SSSR count). The molecule has 0 heterocycles. The molecule has 0 atom stereocenters. The zero-order chi connectivity index (χ0) is 15.0. The number of hydrogen-bond donors (Lipinski definition) is 1. The standard InChI is InChI=1S/C14H17F3N2S/c1-20-8-4-2-3-7-19-12-6-5-11(10-18)13(9-12)14(15,16)17/h5-6,9,19H,2-4,7-8H2,1H3. The van der Waals surface area contributed by atoms with Gasteiger partial charge < -0.3 is 5.32 Å². The third-order valence-corrected chi connectivity index (χ3v) is 3.50. The molecule has 0 radical (unpaired) electrons. The molecule has 0 amide bonds. The lowest BCUT2D eigenvalue weighted by Gasteiger charge is -2.12. The summed E-state index contributed by atoms with van der Waals surface area (Å²) in [7, 11) is 0. The molecule has 0 aliphatic rings. The van der Waals surface area contributed by atoms with Crippen LogP contribution in [0, 0.1) is 11.3 Å². The Bertz CT molecular complexity index is 466. The second-order valence-corrected chi connectivity index (χ2v) is 5.34. The quantitative estimate of drug-likeness (QED) is 0.752. The van der Waals surface area contributed by atoms with Crippen LogP contribution in [-0.4, -0.2) is 18.6 Å². The van der Waals surface area contributed by atoms with Crippen LogP contribution in [0.1, 0.15) is 30.4 Å². The summed E-state index contributed by atoms with van der Waals surface area (Å²) in [5, 5.41) is 11.7. The molecule has 1 aromatic carbocycles. The van der Waals surface area contributed by atoms with Gasteiger partial charge in [0, 0.05) is 12.2 Å². The fourth-order valence-electron chi connectivity index (χ4n) is 1.77. The number of nitriles is 1. The zero-order valence-corrected chi connectivity index (χ0v) is 12.1. The van der Waals surface area contributed by atoms with E-state index in [1.807, 2.05) is 6.26 Å². The van der Waals surface area contributed by atoms with Crippen LogP contribution in [0.2, 0.25) is 0 Å². The molecule has 2 nitrogen and oxygen atoms in total. The maximum Gasteiger partial charge on any atom is 0.417 e. The maximum atomic E-state index is 12.8. The lowest BCUT2D eigenvalue weighted by atomic mass is 10.1. The number of halogens is 3. The summed E-state index contributed by atoms with van der Waals surface area (Å²) in [6, 6.07) is 5.29. The van der Waals surface area contributed by atoms with Gasteiger partial charge in [-0.05, 0) is 43.0 Å². The summed E-state index contributed by atoms with van der Waals surface area (Å²) in [5.41, 5.74) is -0.823. The lowest BCUT2D eigenvalue weighted by molar-refractivity contribution is -0.137. The van der Waals surface area contributed by atoms with E-state index >= 15 is 0 Å². The molecule has 6 heteroatoms. The van der Waals surface area contributed by atoms with Crippen LogP contribution in [-0.2, 0) is 6.18 Å². The SMILES string of the molecule is CSCCCCCNc1ccc(C#N)c(C(F)(F)F)c1. The molecule has 0 fully saturated rings. The Labute approximate surface area is 121 Å². The van der Waals surface area contributed by atoms with E-state index in [0.29, 0.717) is 12.2 Å². The molecule has 20 heavy (non-hydrogen) atoms. The minimum Gasteiger partial charge on any atom is -0.385 e. The molecular weight excluding hydrogens is 285 g/mol. The number of anilines is 1. The van der Waals surface area contributed by atoms with Gasteiger partial charge in [-0.3, -0.25) is 0 Å². The van der Waals surface area contributed by atoms with Crippen LogP contribution in [0.4, 0.5) is 18.9 Å². The molecule has 0 bridgehead atoms. The first kappa shape index (κ1) is 16.7. The molecular formula is C14H17F3N2S. The van der Waals surface area contributed by atoms with Gasteiger partial charge in [0.2, 0.25) is 0 Å². The number of unbranched alkanes of at least 4 members (excludes halogenated alkanes) is 2. The predicted octanol–water partition coefficient (Wildman–Crippen LogP) is 4.52. The lowest BCUT2D eigenvalue weighted by Crippen LogP contribution is -2.09. The summed E-state index contributed by atoms with van der Waals surface area (Å²) >= 11 is 1.79. The van der Waals surface area contributed by atoms with Gasteiger partial charge in [-0.15, -0.1) is 0 Å². The van der Waals surface area contributed by atoms with Crippen molar-refractivity contribution < 1.29 is 13.2 Å². The highest BCUT2D eigenvalue weighted by molar-refractivity contribution is 7.98. The summed E-state index contributed by atoms with van der Waals surface area (Å²) in [6.45, 7) is 0.636. The van der Waals surface area contributed by atoms with Crippen molar-refractivity contribution in [1.82, 2.24) is 0 Å². The van der Waals surface area contributed by atoms with E-state index in [2.05, 4.69) is 5.32 Å². The monoisotopic (exact) mass is 302 g/mol. The van der Waals surface area contributed by atoms with Gasteiger partial charge in [-0.1, -0.05) is 6.42 Å². The van der Waals surface area contributed by atoms with Gasteiger partial charge in [0.15, 0.2) is 0 Å². The number of benzene rings is 1. The molecule has 1 aromatic rings. The van der Waals surface area contributed by atoms with Crippen LogP contribution in [0.25, 0.3) is 0 Å². The van der Waals surface area contributed by atoms with Crippen molar-refractivity contribution in [3.63, 3.8) is 0 Å². The first-order valence-electron chi connectivity index (χ1n) is 6.33. The van der Waals surface area contributed by atoms with E-state index in [4.69, 9.17) is 5.26 Å². The van der Waals surface area contributed by atoms with Crippen molar-refractivity contribution in [2.45, 2.75) is 25.4 Å².